The van der Waals surface area contributed by atoms with Crippen LogP contribution in [0, 0.1) is 11.8 Å². The second-order valence-electron chi connectivity index (χ2n) is 4.51. The fourth-order valence-corrected chi connectivity index (χ4v) is 2.31. The van der Waals surface area contributed by atoms with Gasteiger partial charge in [0.05, 0.1) is 13.0 Å². The molecule has 0 bridgehead atoms. The Labute approximate surface area is 95.6 Å². The van der Waals surface area contributed by atoms with E-state index in [4.69, 9.17) is 10.5 Å². The van der Waals surface area contributed by atoms with Crippen molar-refractivity contribution in [2.24, 2.45) is 11.8 Å². The smallest absolute Gasteiger partial charge is 0.308 e. The van der Waals surface area contributed by atoms with Crippen LogP contribution in [-0.4, -0.2) is 13.1 Å². The van der Waals surface area contributed by atoms with Crippen LogP contribution >= 0.6 is 0 Å². The Bertz CT molecular complexity index is 383. The van der Waals surface area contributed by atoms with Crippen LogP contribution < -0.4 is 5.73 Å². The van der Waals surface area contributed by atoms with E-state index in [9.17, 15) is 4.79 Å². The highest BCUT2D eigenvalue weighted by molar-refractivity contribution is 5.73. The predicted molar refractivity (Wildman–Crippen MR) is 62.8 cm³/mol. The number of nitrogen functional groups attached to an aromatic ring is 1. The molecule has 3 heteroatoms. The Balaban J connectivity index is 1.84. The van der Waals surface area contributed by atoms with Gasteiger partial charge >= 0.3 is 5.97 Å². The Kier molecular flexibility index (Phi) is 3.13. The summed E-state index contributed by atoms with van der Waals surface area (Å²) in [5.41, 5.74) is 7.78. The first-order valence-corrected chi connectivity index (χ1v) is 5.61. The van der Waals surface area contributed by atoms with E-state index in [1.807, 2.05) is 18.2 Å². The number of anilines is 1. The van der Waals surface area contributed by atoms with Gasteiger partial charge in [-0.25, -0.2) is 0 Å². The van der Waals surface area contributed by atoms with E-state index in [2.05, 4.69) is 6.07 Å². The Morgan fingerprint density at radius 1 is 1.50 bits per heavy atom. The summed E-state index contributed by atoms with van der Waals surface area (Å²) in [5, 5.41) is 0. The molecule has 0 heterocycles. The van der Waals surface area contributed by atoms with Crippen LogP contribution in [0.5, 0.6) is 0 Å². The molecule has 0 aliphatic heterocycles. The van der Waals surface area contributed by atoms with Gasteiger partial charge in [0.1, 0.15) is 0 Å². The van der Waals surface area contributed by atoms with E-state index in [1.165, 1.54) is 12.7 Å². The third kappa shape index (κ3) is 2.35. The molecule has 0 amide bonds. The van der Waals surface area contributed by atoms with Crippen LogP contribution in [0.25, 0.3) is 0 Å². The van der Waals surface area contributed by atoms with Crippen molar-refractivity contribution in [1.29, 1.82) is 0 Å². The lowest BCUT2D eigenvalue weighted by Crippen LogP contribution is -2.32. The zero-order valence-corrected chi connectivity index (χ0v) is 9.48. The molecule has 2 N–H and O–H groups in total. The number of methoxy groups -OCH3 is 1. The lowest BCUT2D eigenvalue weighted by Gasteiger charge is -2.33. The number of nitrogens with two attached hydrogens (primary N) is 1. The Hall–Kier alpha value is -1.51. The van der Waals surface area contributed by atoms with E-state index in [0.717, 1.165) is 24.9 Å². The SMILES string of the molecule is COC(=O)C1CC(Cc2cccc(N)c2)C1. The quantitative estimate of drug-likeness (QED) is 0.625. The molecule has 1 saturated carbocycles. The fraction of sp³-hybridized carbons (Fsp3) is 0.462. The number of carbonyl (C=O) groups excluding carboxylic acids is 1. The second kappa shape index (κ2) is 4.56. The summed E-state index contributed by atoms with van der Waals surface area (Å²) >= 11 is 0. The molecule has 1 aromatic carbocycles. The first kappa shape index (κ1) is 11.0. The molecule has 86 valence electrons. The summed E-state index contributed by atoms with van der Waals surface area (Å²) in [4.78, 5) is 11.2. The lowest BCUT2D eigenvalue weighted by atomic mass is 9.72. The van der Waals surface area contributed by atoms with Crippen LogP contribution in [-0.2, 0) is 16.0 Å². The molecule has 3 nitrogen and oxygen atoms in total. The normalized spacial score (nSPS) is 23.6. The lowest BCUT2D eigenvalue weighted by molar-refractivity contribution is -0.150. The maximum absolute atomic E-state index is 11.2. The number of benzene rings is 1. The van der Waals surface area contributed by atoms with Crippen LogP contribution in [0.4, 0.5) is 5.69 Å². The van der Waals surface area contributed by atoms with E-state index in [-0.39, 0.29) is 11.9 Å². The van der Waals surface area contributed by atoms with Crippen LogP contribution in [0.1, 0.15) is 18.4 Å². The average molecular weight is 219 g/mol. The van der Waals surface area contributed by atoms with Crippen molar-refractivity contribution >= 4 is 11.7 Å². The van der Waals surface area contributed by atoms with E-state index in [0.29, 0.717) is 5.92 Å². The molecule has 16 heavy (non-hydrogen) atoms. The summed E-state index contributed by atoms with van der Waals surface area (Å²) in [6.07, 6.45) is 2.90. The third-order valence-corrected chi connectivity index (χ3v) is 3.25. The number of hydrogen-bond donors (Lipinski definition) is 1. The fourth-order valence-electron chi connectivity index (χ4n) is 2.31. The van der Waals surface area contributed by atoms with Gasteiger partial charge in [0.25, 0.3) is 0 Å². The van der Waals surface area contributed by atoms with E-state index in [1.54, 1.807) is 0 Å². The highest BCUT2D eigenvalue weighted by atomic mass is 16.5. The Morgan fingerprint density at radius 3 is 2.88 bits per heavy atom. The predicted octanol–water partition coefficient (Wildman–Crippen LogP) is 2.01. The molecule has 1 fully saturated rings. The van der Waals surface area contributed by atoms with Gasteiger partial charge < -0.3 is 10.5 Å². The van der Waals surface area contributed by atoms with Crippen LogP contribution in [0.3, 0.4) is 0 Å². The van der Waals surface area contributed by atoms with Crippen molar-refractivity contribution in [3.05, 3.63) is 29.8 Å². The van der Waals surface area contributed by atoms with Gasteiger partial charge in [-0.3, -0.25) is 4.79 Å². The Morgan fingerprint density at radius 2 is 2.25 bits per heavy atom. The molecular formula is C13H17NO2. The summed E-state index contributed by atoms with van der Waals surface area (Å²) in [6.45, 7) is 0. The van der Waals surface area contributed by atoms with Crippen molar-refractivity contribution in [1.82, 2.24) is 0 Å². The van der Waals surface area contributed by atoms with Crippen molar-refractivity contribution in [3.63, 3.8) is 0 Å². The standard InChI is InChI=1S/C13H17NO2/c1-16-13(15)11-6-10(7-11)5-9-3-2-4-12(14)8-9/h2-4,8,10-11H,5-7,14H2,1H3. The maximum atomic E-state index is 11.2. The van der Waals surface area contributed by atoms with Crippen LogP contribution in [0.2, 0.25) is 0 Å². The van der Waals surface area contributed by atoms with E-state index >= 15 is 0 Å². The first-order valence-electron chi connectivity index (χ1n) is 5.61. The zero-order valence-electron chi connectivity index (χ0n) is 9.48. The number of carbonyl (C=O) groups is 1. The van der Waals surface area contributed by atoms with Gasteiger partial charge in [0, 0.05) is 5.69 Å². The largest absolute Gasteiger partial charge is 0.469 e. The average Bonchev–Trinajstić information content (AvgIpc) is 2.22. The summed E-state index contributed by atoms with van der Waals surface area (Å²) in [7, 11) is 1.45. The number of esters is 1. The molecule has 1 aromatic rings. The van der Waals surface area contributed by atoms with E-state index < -0.39 is 0 Å². The molecule has 0 spiro atoms. The third-order valence-electron chi connectivity index (χ3n) is 3.25. The van der Waals surface area contributed by atoms with Gasteiger partial charge in [-0.15, -0.1) is 0 Å². The first-order chi connectivity index (χ1) is 7.69. The molecule has 0 unspecified atom stereocenters. The molecule has 1 aliphatic carbocycles. The zero-order chi connectivity index (χ0) is 11.5. The number of rotatable bonds is 3. The summed E-state index contributed by atoms with van der Waals surface area (Å²) in [5.74, 6) is 0.658. The molecule has 0 atom stereocenters. The summed E-state index contributed by atoms with van der Waals surface area (Å²) < 4.78 is 4.71. The molecule has 2 rings (SSSR count). The van der Waals surface area contributed by atoms with Gasteiger partial charge in [-0.05, 0) is 42.9 Å². The topological polar surface area (TPSA) is 52.3 Å². The van der Waals surface area contributed by atoms with Gasteiger partial charge in [0.2, 0.25) is 0 Å². The minimum absolute atomic E-state index is 0.0659. The molecule has 0 saturated heterocycles. The van der Waals surface area contributed by atoms with Crippen molar-refractivity contribution in [2.75, 3.05) is 12.8 Å². The monoisotopic (exact) mass is 219 g/mol. The maximum Gasteiger partial charge on any atom is 0.308 e. The van der Waals surface area contributed by atoms with Crippen LogP contribution in [0.15, 0.2) is 24.3 Å². The minimum atomic E-state index is -0.0659. The molecule has 0 radical (unpaired) electrons. The van der Waals surface area contributed by atoms with Gasteiger partial charge in [0.15, 0.2) is 0 Å². The molecular weight excluding hydrogens is 202 g/mol. The van der Waals surface area contributed by atoms with Gasteiger partial charge in [-0.2, -0.15) is 0 Å². The van der Waals surface area contributed by atoms with Crippen molar-refractivity contribution < 1.29 is 9.53 Å². The van der Waals surface area contributed by atoms with Crippen molar-refractivity contribution in [3.8, 4) is 0 Å². The molecule has 0 aromatic heterocycles. The highest BCUT2D eigenvalue weighted by Gasteiger charge is 2.34. The number of ether oxygens (including phenoxy) is 1. The van der Waals surface area contributed by atoms with Gasteiger partial charge in [-0.1, -0.05) is 12.1 Å². The van der Waals surface area contributed by atoms with Crippen molar-refractivity contribution in [2.45, 2.75) is 19.3 Å². The second-order valence-corrected chi connectivity index (χ2v) is 4.51. The number of hydrogen-bond acceptors (Lipinski definition) is 3. The summed E-state index contributed by atoms with van der Waals surface area (Å²) in [6, 6.07) is 7.95. The molecule has 1 aliphatic rings. The minimum Gasteiger partial charge on any atom is -0.469 e. The highest BCUT2D eigenvalue weighted by Crippen LogP contribution is 2.36.